The first-order chi connectivity index (χ1) is 9.58. The first-order valence-electron chi connectivity index (χ1n) is 6.37. The summed E-state index contributed by atoms with van der Waals surface area (Å²) in [6.45, 7) is 1.79. The molecule has 2 unspecified atom stereocenters. The van der Waals surface area contributed by atoms with Crippen molar-refractivity contribution in [2.45, 2.75) is 19.1 Å². The smallest absolute Gasteiger partial charge is 0.251 e. The lowest BCUT2D eigenvalue weighted by Crippen LogP contribution is -2.37. The number of aliphatic hydroxyl groups excluding tert-OH is 1. The molecule has 0 fully saturated rings. The normalized spacial score (nSPS) is 13.6. The van der Waals surface area contributed by atoms with Gasteiger partial charge in [-0.25, -0.2) is 0 Å². The molecule has 0 aliphatic rings. The highest BCUT2D eigenvalue weighted by molar-refractivity contribution is 14.1. The third-order valence-electron chi connectivity index (χ3n) is 3.08. The van der Waals surface area contributed by atoms with E-state index in [1.54, 1.807) is 19.1 Å². The minimum atomic E-state index is -0.719. The number of carbonyl (C=O) groups excluding carboxylic acids is 1. The van der Waals surface area contributed by atoms with Gasteiger partial charge in [0.1, 0.15) is 0 Å². The quantitative estimate of drug-likeness (QED) is 0.800. The summed E-state index contributed by atoms with van der Waals surface area (Å²) in [6.07, 6.45) is -0.719. The predicted molar refractivity (Wildman–Crippen MR) is 87.5 cm³/mol. The standard InChI is InChI=1S/C16H16INO2/c1-11(15(19)12-5-3-2-4-6-12)18-16(20)13-7-9-14(17)10-8-13/h2-11,15,19H,1H3,(H,18,20). The van der Waals surface area contributed by atoms with Crippen molar-refractivity contribution in [3.8, 4) is 0 Å². The predicted octanol–water partition coefficient (Wildman–Crippen LogP) is 3.14. The average molecular weight is 381 g/mol. The van der Waals surface area contributed by atoms with E-state index in [1.807, 2.05) is 42.5 Å². The maximum atomic E-state index is 12.1. The van der Waals surface area contributed by atoms with Gasteiger partial charge in [0.15, 0.2) is 0 Å². The average Bonchev–Trinajstić information content (AvgIpc) is 2.48. The molecule has 4 heteroatoms. The summed E-state index contributed by atoms with van der Waals surface area (Å²) in [4.78, 5) is 12.1. The van der Waals surface area contributed by atoms with Crippen molar-refractivity contribution in [2.24, 2.45) is 0 Å². The largest absolute Gasteiger partial charge is 0.386 e. The van der Waals surface area contributed by atoms with Crippen LogP contribution in [0, 0.1) is 3.57 Å². The Morgan fingerprint density at radius 3 is 2.30 bits per heavy atom. The van der Waals surface area contributed by atoms with Crippen molar-refractivity contribution in [1.29, 1.82) is 0 Å². The molecule has 2 atom stereocenters. The third kappa shape index (κ3) is 3.80. The Morgan fingerprint density at radius 1 is 1.10 bits per heavy atom. The van der Waals surface area contributed by atoms with Gasteiger partial charge >= 0.3 is 0 Å². The van der Waals surface area contributed by atoms with E-state index in [2.05, 4.69) is 27.9 Å². The van der Waals surface area contributed by atoms with Gasteiger partial charge in [-0.15, -0.1) is 0 Å². The van der Waals surface area contributed by atoms with Crippen LogP contribution in [0.3, 0.4) is 0 Å². The topological polar surface area (TPSA) is 49.3 Å². The zero-order valence-electron chi connectivity index (χ0n) is 11.1. The molecule has 2 aromatic rings. The molecule has 104 valence electrons. The van der Waals surface area contributed by atoms with E-state index < -0.39 is 6.10 Å². The molecule has 0 saturated carbocycles. The monoisotopic (exact) mass is 381 g/mol. The van der Waals surface area contributed by atoms with Crippen LogP contribution in [0.25, 0.3) is 0 Å². The molecule has 20 heavy (non-hydrogen) atoms. The Labute approximate surface area is 132 Å². The van der Waals surface area contributed by atoms with E-state index >= 15 is 0 Å². The first kappa shape index (κ1) is 15.0. The zero-order chi connectivity index (χ0) is 14.5. The lowest BCUT2D eigenvalue weighted by atomic mass is 10.0. The highest BCUT2D eigenvalue weighted by Gasteiger charge is 2.18. The van der Waals surface area contributed by atoms with E-state index in [0.29, 0.717) is 5.56 Å². The molecule has 2 aromatic carbocycles. The molecule has 0 spiro atoms. The minimum absolute atomic E-state index is 0.177. The van der Waals surface area contributed by atoms with Crippen LogP contribution < -0.4 is 5.32 Å². The van der Waals surface area contributed by atoms with Crippen molar-refractivity contribution in [1.82, 2.24) is 5.32 Å². The van der Waals surface area contributed by atoms with Crippen LogP contribution in [0.5, 0.6) is 0 Å². The summed E-state index contributed by atoms with van der Waals surface area (Å²) >= 11 is 2.19. The summed E-state index contributed by atoms with van der Waals surface area (Å²) in [7, 11) is 0. The van der Waals surface area contributed by atoms with Gasteiger partial charge in [0, 0.05) is 9.13 Å². The molecule has 0 aliphatic carbocycles. The van der Waals surface area contributed by atoms with E-state index in [1.165, 1.54) is 0 Å². The molecule has 0 radical (unpaired) electrons. The number of rotatable bonds is 4. The first-order valence-corrected chi connectivity index (χ1v) is 7.45. The molecule has 2 rings (SSSR count). The second-order valence-corrected chi connectivity index (χ2v) is 5.87. The van der Waals surface area contributed by atoms with Gasteiger partial charge in [-0.05, 0) is 59.3 Å². The van der Waals surface area contributed by atoms with Crippen LogP contribution >= 0.6 is 22.6 Å². The molecule has 0 bridgehead atoms. The van der Waals surface area contributed by atoms with Crippen LogP contribution in [-0.2, 0) is 0 Å². The number of carbonyl (C=O) groups is 1. The van der Waals surface area contributed by atoms with Crippen molar-refractivity contribution in [3.05, 3.63) is 69.3 Å². The number of nitrogens with one attached hydrogen (secondary N) is 1. The van der Waals surface area contributed by atoms with E-state index in [9.17, 15) is 9.90 Å². The van der Waals surface area contributed by atoms with Crippen LogP contribution in [0.4, 0.5) is 0 Å². The Kier molecular flexibility index (Phi) is 5.14. The maximum Gasteiger partial charge on any atom is 0.251 e. The lowest BCUT2D eigenvalue weighted by Gasteiger charge is -2.20. The Hall–Kier alpha value is -1.40. The van der Waals surface area contributed by atoms with Gasteiger partial charge in [0.25, 0.3) is 5.91 Å². The Bertz CT molecular complexity index is 569. The lowest BCUT2D eigenvalue weighted by molar-refractivity contribution is 0.0852. The number of hydrogen-bond acceptors (Lipinski definition) is 2. The molecule has 0 heterocycles. The van der Waals surface area contributed by atoms with Crippen molar-refractivity contribution in [3.63, 3.8) is 0 Å². The minimum Gasteiger partial charge on any atom is -0.386 e. The van der Waals surface area contributed by atoms with Gasteiger partial charge in [0.2, 0.25) is 0 Å². The van der Waals surface area contributed by atoms with Crippen molar-refractivity contribution < 1.29 is 9.90 Å². The van der Waals surface area contributed by atoms with Crippen LogP contribution in [0.15, 0.2) is 54.6 Å². The highest BCUT2D eigenvalue weighted by atomic mass is 127. The Balaban J connectivity index is 2.02. The Morgan fingerprint density at radius 2 is 1.70 bits per heavy atom. The molecule has 0 aromatic heterocycles. The second kappa shape index (κ2) is 6.85. The summed E-state index contributed by atoms with van der Waals surface area (Å²) in [5, 5.41) is 13.0. The molecule has 0 saturated heterocycles. The molecule has 3 nitrogen and oxygen atoms in total. The molecular weight excluding hydrogens is 365 g/mol. The van der Waals surface area contributed by atoms with Gasteiger partial charge in [-0.3, -0.25) is 4.79 Å². The fourth-order valence-electron chi connectivity index (χ4n) is 1.91. The highest BCUT2D eigenvalue weighted by Crippen LogP contribution is 2.16. The number of benzene rings is 2. The summed E-state index contributed by atoms with van der Waals surface area (Å²) in [6, 6.07) is 16.3. The third-order valence-corrected chi connectivity index (χ3v) is 3.80. The fraction of sp³-hybridized carbons (Fsp3) is 0.188. The summed E-state index contributed by atoms with van der Waals surface area (Å²) in [5.41, 5.74) is 1.39. The van der Waals surface area contributed by atoms with E-state index in [4.69, 9.17) is 0 Å². The van der Waals surface area contributed by atoms with Crippen LogP contribution in [-0.4, -0.2) is 17.1 Å². The number of halogens is 1. The molecule has 0 aliphatic heterocycles. The molecule has 2 N–H and O–H groups in total. The maximum absolute atomic E-state index is 12.1. The summed E-state index contributed by atoms with van der Waals surface area (Å²) < 4.78 is 1.08. The molecule has 1 amide bonds. The van der Waals surface area contributed by atoms with Crippen molar-refractivity contribution in [2.75, 3.05) is 0 Å². The van der Waals surface area contributed by atoms with Gasteiger partial charge in [-0.2, -0.15) is 0 Å². The number of amides is 1. The number of hydrogen-bond donors (Lipinski definition) is 2. The van der Waals surface area contributed by atoms with Crippen molar-refractivity contribution >= 4 is 28.5 Å². The zero-order valence-corrected chi connectivity index (χ0v) is 13.2. The van der Waals surface area contributed by atoms with Gasteiger partial charge in [0.05, 0.1) is 12.1 Å². The SMILES string of the molecule is CC(NC(=O)c1ccc(I)cc1)C(O)c1ccccc1. The second-order valence-electron chi connectivity index (χ2n) is 4.62. The fourth-order valence-corrected chi connectivity index (χ4v) is 2.27. The van der Waals surface area contributed by atoms with Gasteiger partial charge < -0.3 is 10.4 Å². The van der Waals surface area contributed by atoms with Gasteiger partial charge in [-0.1, -0.05) is 30.3 Å². The number of aliphatic hydroxyl groups is 1. The summed E-state index contributed by atoms with van der Waals surface area (Å²) in [5.74, 6) is -0.177. The molecular formula is C16H16INO2. The van der Waals surface area contributed by atoms with E-state index in [0.717, 1.165) is 9.13 Å². The van der Waals surface area contributed by atoms with Crippen LogP contribution in [0.1, 0.15) is 28.9 Å². The van der Waals surface area contributed by atoms with E-state index in [-0.39, 0.29) is 11.9 Å². The van der Waals surface area contributed by atoms with Crippen LogP contribution in [0.2, 0.25) is 0 Å².